The molecule has 0 spiro atoms. The number of nitrogens with zero attached hydrogens (tertiary/aromatic N) is 4. The highest BCUT2D eigenvalue weighted by molar-refractivity contribution is 5.58. The van der Waals surface area contributed by atoms with Crippen molar-refractivity contribution in [1.29, 1.82) is 5.26 Å². The molecular formula is C12H11N5. The minimum atomic E-state index is 0.430. The number of fused-ring (bicyclic) bond motifs is 1. The minimum absolute atomic E-state index is 0.430. The van der Waals surface area contributed by atoms with Crippen LogP contribution in [0.1, 0.15) is 11.5 Å². The Morgan fingerprint density at radius 2 is 2.35 bits per heavy atom. The van der Waals surface area contributed by atoms with Gasteiger partial charge in [0.05, 0.1) is 12.2 Å². The average molecular weight is 225 g/mol. The van der Waals surface area contributed by atoms with Crippen molar-refractivity contribution >= 4 is 0 Å². The fourth-order valence-corrected chi connectivity index (χ4v) is 1.94. The highest BCUT2D eigenvalue weighted by Gasteiger charge is 2.12. The van der Waals surface area contributed by atoms with Gasteiger partial charge in [-0.05, 0) is 12.1 Å². The van der Waals surface area contributed by atoms with E-state index in [1.54, 1.807) is 12.3 Å². The monoisotopic (exact) mass is 225 g/mol. The predicted molar refractivity (Wildman–Crippen MR) is 61.9 cm³/mol. The third-order valence-electron chi connectivity index (χ3n) is 2.85. The van der Waals surface area contributed by atoms with E-state index >= 15 is 0 Å². The lowest BCUT2D eigenvalue weighted by atomic mass is 10.2. The molecule has 0 bridgehead atoms. The molecule has 0 saturated carbocycles. The quantitative estimate of drug-likeness (QED) is 0.783. The van der Waals surface area contributed by atoms with Gasteiger partial charge in [-0.15, -0.1) is 0 Å². The summed E-state index contributed by atoms with van der Waals surface area (Å²) in [6.07, 6.45) is 3.74. The summed E-state index contributed by atoms with van der Waals surface area (Å²) in [6.45, 7) is 2.74. The SMILES string of the molecule is N#Cc1ccc(-c2cn3c(n2)CNCC3)cn1. The first-order valence-corrected chi connectivity index (χ1v) is 5.50. The standard InChI is InChI=1S/C12H11N5/c13-5-10-2-1-9(6-15-10)11-8-17-4-3-14-7-12(17)16-11/h1-2,6,8,14H,3-4,7H2. The van der Waals surface area contributed by atoms with Crippen LogP contribution < -0.4 is 5.32 Å². The highest BCUT2D eigenvalue weighted by Crippen LogP contribution is 2.19. The van der Waals surface area contributed by atoms with Gasteiger partial charge in [-0.3, -0.25) is 0 Å². The Kier molecular flexibility index (Phi) is 2.35. The maximum Gasteiger partial charge on any atom is 0.140 e. The van der Waals surface area contributed by atoms with E-state index in [0.29, 0.717) is 5.69 Å². The van der Waals surface area contributed by atoms with Gasteiger partial charge < -0.3 is 9.88 Å². The molecule has 5 heteroatoms. The zero-order valence-corrected chi connectivity index (χ0v) is 9.22. The lowest BCUT2D eigenvalue weighted by Crippen LogP contribution is -2.27. The first kappa shape index (κ1) is 10.00. The smallest absolute Gasteiger partial charge is 0.140 e. The van der Waals surface area contributed by atoms with E-state index < -0.39 is 0 Å². The topological polar surface area (TPSA) is 66.5 Å². The molecule has 5 nitrogen and oxygen atoms in total. The van der Waals surface area contributed by atoms with Gasteiger partial charge in [-0.25, -0.2) is 9.97 Å². The van der Waals surface area contributed by atoms with Crippen LogP contribution in [0.25, 0.3) is 11.3 Å². The summed E-state index contributed by atoms with van der Waals surface area (Å²) in [5.74, 6) is 1.05. The summed E-state index contributed by atoms with van der Waals surface area (Å²) >= 11 is 0. The Bertz CT molecular complexity index is 552. The molecule has 84 valence electrons. The fraction of sp³-hybridized carbons (Fsp3) is 0.250. The maximum absolute atomic E-state index is 8.69. The van der Waals surface area contributed by atoms with Crippen LogP contribution in [0, 0.1) is 11.3 Å². The molecule has 3 rings (SSSR count). The van der Waals surface area contributed by atoms with E-state index in [9.17, 15) is 0 Å². The van der Waals surface area contributed by atoms with Crippen molar-refractivity contribution in [3.8, 4) is 17.3 Å². The van der Waals surface area contributed by atoms with Crippen LogP contribution in [0.3, 0.4) is 0 Å². The Morgan fingerprint density at radius 3 is 3.06 bits per heavy atom. The van der Waals surface area contributed by atoms with Gasteiger partial charge in [0.2, 0.25) is 0 Å². The van der Waals surface area contributed by atoms with Gasteiger partial charge in [-0.2, -0.15) is 5.26 Å². The van der Waals surface area contributed by atoms with Crippen LogP contribution in [0.4, 0.5) is 0 Å². The van der Waals surface area contributed by atoms with Crippen LogP contribution in [0.15, 0.2) is 24.5 Å². The van der Waals surface area contributed by atoms with Crippen LogP contribution in [0.5, 0.6) is 0 Å². The first-order valence-electron chi connectivity index (χ1n) is 5.50. The Labute approximate surface area is 98.7 Å². The molecule has 0 atom stereocenters. The van der Waals surface area contributed by atoms with Crippen molar-refractivity contribution in [2.45, 2.75) is 13.1 Å². The summed E-state index contributed by atoms with van der Waals surface area (Å²) in [5, 5.41) is 12.0. The van der Waals surface area contributed by atoms with E-state index in [0.717, 1.165) is 36.7 Å². The molecule has 0 radical (unpaired) electrons. The van der Waals surface area contributed by atoms with Crippen LogP contribution in [0.2, 0.25) is 0 Å². The van der Waals surface area contributed by atoms with Crippen molar-refractivity contribution in [2.75, 3.05) is 6.54 Å². The molecule has 1 aliphatic rings. The zero-order valence-electron chi connectivity index (χ0n) is 9.22. The van der Waals surface area contributed by atoms with Gasteiger partial charge in [0.15, 0.2) is 0 Å². The molecule has 0 amide bonds. The van der Waals surface area contributed by atoms with Gasteiger partial charge in [0.1, 0.15) is 17.6 Å². The second-order valence-corrected chi connectivity index (χ2v) is 3.96. The minimum Gasteiger partial charge on any atom is -0.332 e. The largest absolute Gasteiger partial charge is 0.332 e. The first-order chi connectivity index (χ1) is 8.36. The van der Waals surface area contributed by atoms with Gasteiger partial charge in [0.25, 0.3) is 0 Å². The Morgan fingerprint density at radius 1 is 1.41 bits per heavy atom. The third kappa shape index (κ3) is 1.79. The second kappa shape index (κ2) is 4.00. The molecule has 2 aromatic rings. The summed E-state index contributed by atoms with van der Waals surface area (Å²) < 4.78 is 2.16. The summed E-state index contributed by atoms with van der Waals surface area (Å²) in [7, 11) is 0. The average Bonchev–Trinajstić information content (AvgIpc) is 2.82. The predicted octanol–water partition coefficient (Wildman–Crippen LogP) is 0.920. The molecule has 0 unspecified atom stereocenters. The number of pyridine rings is 1. The molecule has 0 aliphatic carbocycles. The molecule has 2 aromatic heterocycles. The highest BCUT2D eigenvalue weighted by atomic mass is 15.1. The Hall–Kier alpha value is -2.19. The molecular weight excluding hydrogens is 214 g/mol. The van der Waals surface area contributed by atoms with Gasteiger partial charge >= 0.3 is 0 Å². The number of hydrogen-bond acceptors (Lipinski definition) is 4. The van der Waals surface area contributed by atoms with Crippen LogP contribution in [-0.4, -0.2) is 21.1 Å². The van der Waals surface area contributed by atoms with E-state index in [1.807, 2.05) is 18.3 Å². The fourth-order valence-electron chi connectivity index (χ4n) is 1.94. The number of aromatic nitrogens is 3. The third-order valence-corrected chi connectivity index (χ3v) is 2.85. The van der Waals surface area contributed by atoms with E-state index in [2.05, 4.69) is 19.9 Å². The zero-order chi connectivity index (χ0) is 11.7. The summed E-state index contributed by atoms with van der Waals surface area (Å²) in [5.41, 5.74) is 2.30. The molecule has 17 heavy (non-hydrogen) atoms. The Balaban J connectivity index is 1.98. The number of nitrogens with one attached hydrogen (secondary N) is 1. The number of nitriles is 1. The maximum atomic E-state index is 8.69. The number of hydrogen-bond donors (Lipinski definition) is 1. The normalized spacial score (nSPS) is 14.1. The van der Waals surface area contributed by atoms with Crippen molar-refractivity contribution in [1.82, 2.24) is 19.9 Å². The second-order valence-electron chi connectivity index (χ2n) is 3.96. The van der Waals surface area contributed by atoms with Crippen molar-refractivity contribution in [3.63, 3.8) is 0 Å². The lowest BCUT2D eigenvalue weighted by Gasteiger charge is -2.13. The van der Waals surface area contributed by atoms with Gasteiger partial charge in [-0.1, -0.05) is 0 Å². The van der Waals surface area contributed by atoms with E-state index in [1.165, 1.54) is 0 Å². The molecule has 0 aromatic carbocycles. The van der Waals surface area contributed by atoms with Crippen molar-refractivity contribution in [3.05, 3.63) is 36.0 Å². The van der Waals surface area contributed by atoms with Crippen molar-refractivity contribution < 1.29 is 0 Å². The van der Waals surface area contributed by atoms with Crippen LogP contribution >= 0.6 is 0 Å². The lowest BCUT2D eigenvalue weighted by molar-refractivity contribution is 0.505. The summed E-state index contributed by atoms with van der Waals surface area (Å²) in [6, 6.07) is 5.60. The number of imidazole rings is 1. The summed E-state index contributed by atoms with van der Waals surface area (Å²) in [4.78, 5) is 8.61. The van der Waals surface area contributed by atoms with Gasteiger partial charge in [0, 0.05) is 31.0 Å². The molecule has 0 fully saturated rings. The molecule has 0 saturated heterocycles. The number of rotatable bonds is 1. The molecule has 3 heterocycles. The molecule has 1 N–H and O–H groups in total. The molecule has 1 aliphatic heterocycles. The van der Waals surface area contributed by atoms with Crippen molar-refractivity contribution in [2.24, 2.45) is 0 Å². The van der Waals surface area contributed by atoms with E-state index in [-0.39, 0.29) is 0 Å². The van der Waals surface area contributed by atoms with E-state index in [4.69, 9.17) is 5.26 Å². The van der Waals surface area contributed by atoms with Crippen LogP contribution in [-0.2, 0) is 13.1 Å².